The molecule has 2 fully saturated rings. The Morgan fingerprint density at radius 3 is 2.47 bits per heavy atom. The molecule has 3 N–H and O–H groups in total. The van der Waals surface area contributed by atoms with Crippen LogP contribution in [0.3, 0.4) is 0 Å². The lowest BCUT2D eigenvalue weighted by atomic mass is 10.1. The summed E-state index contributed by atoms with van der Waals surface area (Å²) in [6, 6.07) is 10.0. The number of likely N-dealkylation sites (N-methyl/N-ethyl adjacent to an activating group) is 1. The Kier molecular flexibility index (Phi) is 8.02. The standard InChI is InChI=1S/C30H36N10O3S2/c1-37-13-8-24(9-14-37)45(42,43)39-15-10-31-27(39)25-17-20-18-33-29(36-26(20)40(28(25)41)30-32-11-16-44-30)35-22-5-3-21(4-6-22)34-23-7-12-38(2)19-23/h3-6,10-11,15-18,23-24,30,32,34H,7-9,12-14,19H2,1-2H3,(H,33,35,36). The van der Waals surface area contributed by atoms with E-state index in [0.29, 0.717) is 49.0 Å². The topological polar surface area (TPSA) is 142 Å². The number of benzene rings is 1. The molecule has 45 heavy (non-hydrogen) atoms. The summed E-state index contributed by atoms with van der Waals surface area (Å²) in [5, 5.41) is 11.9. The van der Waals surface area contributed by atoms with Gasteiger partial charge in [-0.25, -0.2) is 22.4 Å². The van der Waals surface area contributed by atoms with Crippen LogP contribution in [0, 0.1) is 0 Å². The predicted octanol–water partition coefficient (Wildman–Crippen LogP) is 3.05. The second kappa shape index (κ2) is 12.1. The van der Waals surface area contributed by atoms with Crippen molar-refractivity contribution < 1.29 is 8.42 Å². The van der Waals surface area contributed by atoms with E-state index in [9.17, 15) is 13.2 Å². The van der Waals surface area contributed by atoms with Crippen LogP contribution in [0.15, 0.2) is 65.3 Å². The van der Waals surface area contributed by atoms with Crippen LogP contribution in [0.2, 0.25) is 0 Å². The molecule has 0 spiro atoms. The number of likely N-dealkylation sites (tertiary alicyclic amines) is 2. The lowest BCUT2D eigenvalue weighted by molar-refractivity contribution is 0.277. The van der Waals surface area contributed by atoms with Gasteiger partial charge in [-0.15, -0.1) is 0 Å². The van der Waals surface area contributed by atoms with E-state index in [4.69, 9.17) is 4.98 Å². The number of nitrogens with one attached hydrogen (secondary N) is 3. The maximum atomic E-state index is 14.2. The molecule has 236 valence electrons. The molecule has 2 unspecified atom stereocenters. The fourth-order valence-electron chi connectivity index (χ4n) is 6.16. The van der Waals surface area contributed by atoms with Gasteiger partial charge >= 0.3 is 0 Å². The molecular formula is C30H36N10O3S2. The number of anilines is 3. The number of aromatic nitrogens is 5. The average molecular weight is 649 g/mol. The van der Waals surface area contributed by atoms with E-state index in [1.165, 1.54) is 32.7 Å². The lowest BCUT2D eigenvalue weighted by Crippen LogP contribution is -2.39. The first-order valence-electron chi connectivity index (χ1n) is 15.0. The number of pyridine rings is 1. The van der Waals surface area contributed by atoms with Crippen LogP contribution in [0.1, 0.15) is 24.8 Å². The van der Waals surface area contributed by atoms with Crippen molar-refractivity contribution in [2.24, 2.45) is 0 Å². The normalized spacial score (nSPS) is 21.4. The molecule has 0 bridgehead atoms. The molecule has 2 saturated heterocycles. The summed E-state index contributed by atoms with van der Waals surface area (Å²) < 4.78 is 30.2. The highest BCUT2D eigenvalue weighted by Gasteiger charge is 2.33. The van der Waals surface area contributed by atoms with Crippen molar-refractivity contribution >= 4 is 50.1 Å². The number of fused-ring (bicyclic) bond motifs is 1. The van der Waals surface area contributed by atoms with E-state index < -0.39 is 26.3 Å². The smallest absolute Gasteiger partial charge is 0.265 e. The summed E-state index contributed by atoms with van der Waals surface area (Å²) in [4.78, 5) is 32.3. The van der Waals surface area contributed by atoms with Crippen LogP contribution in [0.5, 0.6) is 0 Å². The number of imidazole rings is 1. The Labute approximate surface area is 265 Å². The van der Waals surface area contributed by atoms with Gasteiger partial charge in [0.15, 0.2) is 17.0 Å². The third-order valence-electron chi connectivity index (χ3n) is 8.63. The summed E-state index contributed by atoms with van der Waals surface area (Å²) in [6.07, 6.45) is 8.42. The minimum absolute atomic E-state index is 0.0886. The first kappa shape index (κ1) is 29.8. The molecule has 2 atom stereocenters. The van der Waals surface area contributed by atoms with Gasteiger partial charge in [-0.3, -0.25) is 9.36 Å². The van der Waals surface area contributed by atoms with Crippen LogP contribution in [-0.2, 0) is 10.0 Å². The van der Waals surface area contributed by atoms with E-state index in [1.807, 2.05) is 36.7 Å². The van der Waals surface area contributed by atoms with Gasteiger partial charge in [0.25, 0.3) is 5.56 Å². The molecule has 1 aromatic carbocycles. The van der Waals surface area contributed by atoms with Crippen molar-refractivity contribution in [1.29, 1.82) is 0 Å². The molecule has 13 nitrogen and oxygen atoms in total. The Balaban J connectivity index is 1.21. The second-order valence-electron chi connectivity index (χ2n) is 11.9. The Hall–Kier alpha value is -3.92. The number of rotatable bonds is 8. The summed E-state index contributed by atoms with van der Waals surface area (Å²) in [7, 11) is 0.340. The van der Waals surface area contributed by atoms with Crippen LogP contribution in [0.4, 0.5) is 17.3 Å². The van der Waals surface area contributed by atoms with Crippen LogP contribution in [-0.4, -0.2) is 93.3 Å². The van der Waals surface area contributed by atoms with Gasteiger partial charge in [0, 0.05) is 54.1 Å². The van der Waals surface area contributed by atoms with Crippen LogP contribution >= 0.6 is 11.8 Å². The summed E-state index contributed by atoms with van der Waals surface area (Å²) in [5.41, 5.74) is 1.56. The van der Waals surface area contributed by atoms with Crippen LogP contribution < -0.4 is 21.5 Å². The maximum Gasteiger partial charge on any atom is 0.265 e. The van der Waals surface area contributed by atoms with Gasteiger partial charge in [-0.1, -0.05) is 11.8 Å². The quantitative estimate of drug-likeness (QED) is 0.259. The van der Waals surface area contributed by atoms with Crippen LogP contribution in [0.25, 0.3) is 22.4 Å². The summed E-state index contributed by atoms with van der Waals surface area (Å²) in [6.45, 7) is 3.51. The molecule has 0 radical (unpaired) electrons. The van der Waals surface area contributed by atoms with Crippen molar-refractivity contribution in [3.63, 3.8) is 0 Å². The fourth-order valence-corrected chi connectivity index (χ4v) is 8.68. The minimum Gasteiger partial charge on any atom is -0.381 e. The molecular weight excluding hydrogens is 613 g/mol. The number of nitrogens with zero attached hydrogens (tertiary/aromatic N) is 7. The molecule has 0 aliphatic carbocycles. The minimum atomic E-state index is -3.78. The molecule has 15 heteroatoms. The Morgan fingerprint density at radius 1 is 1.00 bits per heavy atom. The summed E-state index contributed by atoms with van der Waals surface area (Å²) >= 11 is 1.42. The van der Waals surface area contributed by atoms with E-state index in [2.05, 4.69) is 42.8 Å². The SMILES string of the molecule is CN1CCC(S(=O)(=O)n2ccnc2-c2cc3cnc(Nc4ccc(NC5CCN(C)C5)cc4)nc3n(C3NC=CS3)c2=O)CC1. The van der Waals surface area contributed by atoms with Gasteiger partial charge in [0.2, 0.25) is 16.0 Å². The molecule has 0 amide bonds. The largest absolute Gasteiger partial charge is 0.381 e. The highest BCUT2D eigenvalue weighted by molar-refractivity contribution is 8.02. The number of hydrogen-bond acceptors (Lipinski definition) is 12. The molecule has 3 aliphatic rings. The predicted molar refractivity (Wildman–Crippen MR) is 178 cm³/mol. The molecule has 6 heterocycles. The van der Waals surface area contributed by atoms with Crippen molar-refractivity contribution in [3.05, 3.63) is 70.9 Å². The van der Waals surface area contributed by atoms with Crippen molar-refractivity contribution in [3.8, 4) is 11.4 Å². The number of hydrogen-bond donors (Lipinski definition) is 3. The van der Waals surface area contributed by atoms with Gasteiger partial charge in [0.1, 0.15) is 0 Å². The van der Waals surface area contributed by atoms with Gasteiger partial charge in [-0.2, -0.15) is 4.98 Å². The molecule has 0 saturated carbocycles. The Morgan fingerprint density at radius 2 is 1.76 bits per heavy atom. The van der Waals surface area contributed by atoms with Gasteiger partial charge in [-0.05, 0) is 88.7 Å². The molecule has 4 aromatic rings. The van der Waals surface area contributed by atoms with E-state index in [1.54, 1.807) is 18.5 Å². The maximum absolute atomic E-state index is 14.2. The number of thioether (sulfide) groups is 1. The zero-order chi connectivity index (χ0) is 31.1. The van der Waals surface area contributed by atoms with Crippen molar-refractivity contribution in [2.75, 3.05) is 50.9 Å². The zero-order valence-electron chi connectivity index (χ0n) is 25.1. The average Bonchev–Trinajstić information content (AvgIpc) is 3.81. The third-order valence-corrected chi connectivity index (χ3v) is 11.7. The number of piperidine rings is 1. The monoisotopic (exact) mass is 648 g/mol. The highest BCUT2D eigenvalue weighted by Crippen LogP contribution is 2.31. The van der Waals surface area contributed by atoms with E-state index in [0.717, 1.165) is 30.9 Å². The summed E-state index contributed by atoms with van der Waals surface area (Å²) in [5.74, 6) is 0.425. The second-order valence-corrected chi connectivity index (χ2v) is 14.9. The van der Waals surface area contributed by atoms with Gasteiger partial charge in [0.05, 0.1) is 10.8 Å². The van der Waals surface area contributed by atoms with Crippen molar-refractivity contribution in [1.82, 2.24) is 38.6 Å². The van der Waals surface area contributed by atoms with E-state index >= 15 is 0 Å². The lowest BCUT2D eigenvalue weighted by Gasteiger charge is -2.29. The van der Waals surface area contributed by atoms with E-state index in [-0.39, 0.29) is 11.4 Å². The molecule has 7 rings (SSSR count). The van der Waals surface area contributed by atoms with Crippen molar-refractivity contribution in [2.45, 2.75) is 36.1 Å². The third kappa shape index (κ3) is 5.92. The first-order chi connectivity index (χ1) is 21.8. The van der Waals surface area contributed by atoms with Gasteiger partial charge < -0.3 is 25.8 Å². The Bertz CT molecular complexity index is 1890. The molecule has 3 aliphatic heterocycles. The first-order valence-corrected chi connectivity index (χ1v) is 17.5. The fraction of sp³-hybridized carbons (Fsp3) is 0.400. The molecule has 3 aromatic heterocycles. The highest BCUT2D eigenvalue weighted by atomic mass is 32.2. The zero-order valence-corrected chi connectivity index (χ0v) is 26.8.